The lowest BCUT2D eigenvalue weighted by molar-refractivity contribution is -0.119. The number of hydrogen-bond acceptors (Lipinski definition) is 2. The highest BCUT2D eigenvalue weighted by atomic mass is 127. The zero-order chi connectivity index (χ0) is 17.4. The number of aliphatic imine (C=N–C) groups is 1. The summed E-state index contributed by atoms with van der Waals surface area (Å²) in [4.78, 5) is 18.3. The second-order valence-corrected chi connectivity index (χ2v) is 6.42. The highest BCUT2D eigenvalue weighted by molar-refractivity contribution is 14.0. The summed E-state index contributed by atoms with van der Waals surface area (Å²) >= 11 is 0. The smallest absolute Gasteiger partial charge is 0.217 e. The fraction of sp³-hybridized carbons (Fsp3) is 0.579. The van der Waals surface area contributed by atoms with E-state index in [-0.39, 0.29) is 29.9 Å². The second kappa shape index (κ2) is 11.3. The average Bonchev–Trinajstić information content (AvgIpc) is 2.58. The molecule has 1 unspecified atom stereocenters. The second-order valence-electron chi connectivity index (χ2n) is 6.42. The molecule has 5 nitrogen and oxygen atoms in total. The van der Waals surface area contributed by atoms with E-state index in [4.69, 9.17) is 10.7 Å². The van der Waals surface area contributed by atoms with E-state index in [1.54, 1.807) is 0 Å². The molecule has 0 aromatic heterocycles. The molecular formula is C19H31IN4O. The number of benzene rings is 1. The minimum Gasteiger partial charge on any atom is -0.370 e. The number of likely N-dealkylation sites (tertiary alicyclic amines) is 1. The van der Waals surface area contributed by atoms with Crippen LogP contribution in [0, 0.1) is 5.92 Å². The fourth-order valence-corrected chi connectivity index (χ4v) is 3.35. The first kappa shape index (κ1) is 21.7. The van der Waals surface area contributed by atoms with Crippen molar-refractivity contribution >= 4 is 35.8 Å². The van der Waals surface area contributed by atoms with Crippen molar-refractivity contribution in [3.8, 4) is 0 Å². The number of primary amides is 1. The van der Waals surface area contributed by atoms with E-state index < -0.39 is 0 Å². The Morgan fingerprint density at radius 3 is 2.68 bits per heavy atom. The van der Waals surface area contributed by atoms with E-state index in [0.717, 1.165) is 44.9 Å². The van der Waals surface area contributed by atoms with Crippen molar-refractivity contribution in [3.05, 3.63) is 35.4 Å². The van der Waals surface area contributed by atoms with Gasteiger partial charge in [0.1, 0.15) is 0 Å². The molecule has 1 heterocycles. The number of rotatable bonds is 6. The number of nitrogens with two attached hydrogens (primary N) is 1. The third-order valence-electron chi connectivity index (χ3n) is 4.54. The highest BCUT2D eigenvalue weighted by Gasteiger charge is 2.23. The zero-order valence-electron chi connectivity index (χ0n) is 15.3. The molecule has 3 N–H and O–H groups in total. The maximum Gasteiger partial charge on any atom is 0.217 e. The Balaban J connectivity index is 0.00000312. The van der Waals surface area contributed by atoms with Gasteiger partial charge in [0, 0.05) is 26.1 Å². The normalized spacial score (nSPS) is 17.8. The number of hydrogen-bond donors (Lipinski definition) is 2. The van der Waals surface area contributed by atoms with Crippen molar-refractivity contribution in [1.29, 1.82) is 0 Å². The maximum atomic E-state index is 11.2. The van der Waals surface area contributed by atoms with Gasteiger partial charge in [0.05, 0.1) is 6.54 Å². The van der Waals surface area contributed by atoms with Gasteiger partial charge in [-0.15, -0.1) is 24.0 Å². The third kappa shape index (κ3) is 6.84. The first-order valence-electron chi connectivity index (χ1n) is 9.02. The molecule has 1 saturated heterocycles. The average molecular weight is 458 g/mol. The Hall–Kier alpha value is -1.31. The van der Waals surface area contributed by atoms with Crippen LogP contribution in [-0.2, 0) is 17.8 Å². The Bertz CT molecular complexity index is 576. The van der Waals surface area contributed by atoms with Crippen molar-refractivity contribution in [1.82, 2.24) is 10.2 Å². The van der Waals surface area contributed by atoms with E-state index >= 15 is 0 Å². The van der Waals surface area contributed by atoms with E-state index in [9.17, 15) is 4.79 Å². The van der Waals surface area contributed by atoms with Crippen LogP contribution in [-0.4, -0.2) is 36.4 Å². The molecule has 1 aromatic carbocycles. The molecule has 0 saturated carbocycles. The Morgan fingerprint density at radius 2 is 2.04 bits per heavy atom. The lowest BCUT2D eigenvalue weighted by Gasteiger charge is -2.34. The Morgan fingerprint density at radius 1 is 1.32 bits per heavy atom. The summed E-state index contributed by atoms with van der Waals surface area (Å²) in [6, 6.07) is 8.47. The predicted octanol–water partition coefficient (Wildman–Crippen LogP) is 2.92. The molecule has 1 amide bonds. The van der Waals surface area contributed by atoms with Crippen molar-refractivity contribution in [2.45, 2.75) is 46.1 Å². The molecule has 0 aliphatic carbocycles. The molecule has 1 aliphatic rings. The van der Waals surface area contributed by atoms with Crippen molar-refractivity contribution in [3.63, 3.8) is 0 Å². The Labute approximate surface area is 168 Å². The first-order chi connectivity index (χ1) is 11.6. The number of piperidine rings is 1. The zero-order valence-corrected chi connectivity index (χ0v) is 17.7. The van der Waals surface area contributed by atoms with E-state index in [1.807, 2.05) is 0 Å². The molecule has 6 heteroatoms. The summed E-state index contributed by atoms with van der Waals surface area (Å²) in [6.45, 7) is 7.61. The Kier molecular flexibility index (Phi) is 9.85. The van der Waals surface area contributed by atoms with Crippen LogP contribution >= 0.6 is 24.0 Å². The molecule has 0 spiro atoms. The standard InChI is InChI=1S/C19H30N4O.HI/c1-3-16-9-5-6-10-17(16)13-22-19(21-4-2)23-11-7-8-15(14-23)12-18(20)24;/h5-6,9-10,15H,3-4,7-8,11-14H2,1-2H3,(H2,20,24)(H,21,22);1H. The largest absolute Gasteiger partial charge is 0.370 e. The van der Waals surface area contributed by atoms with Gasteiger partial charge in [-0.2, -0.15) is 0 Å². The lowest BCUT2D eigenvalue weighted by Crippen LogP contribution is -2.47. The minimum absolute atomic E-state index is 0. The molecule has 140 valence electrons. The van der Waals surface area contributed by atoms with Crippen molar-refractivity contribution < 1.29 is 4.79 Å². The van der Waals surface area contributed by atoms with Gasteiger partial charge in [0.2, 0.25) is 5.91 Å². The van der Waals surface area contributed by atoms with Gasteiger partial charge in [-0.3, -0.25) is 4.79 Å². The molecule has 2 rings (SSSR count). The van der Waals surface area contributed by atoms with Gasteiger partial charge in [0.15, 0.2) is 5.96 Å². The molecule has 1 fully saturated rings. The number of aryl methyl sites for hydroxylation is 1. The number of nitrogens with zero attached hydrogens (tertiary/aromatic N) is 2. The molecule has 0 radical (unpaired) electrons. The van der Waals surface area contributed by atoms with Crippen LogP contribution in [0.25, 0.3) is 0 Å². The van der Waals surface area contributed by atoms with Gasteiger partial charge < -0.3 is 16.0 Å². The molecule has 1 atom stereocenters. The van der Waals surface area contributed by atoms with Gasteiger partial charge in [-0.05, 0) is 43.2 Å². The molecule has 1 aliphatic heterocycles. The SMILES string of the molecule is CCNC(=NCc1ccccc1CC)N1CCCC(CC(N)=O)C1.I. The quantitative estimate of drug-likeness (QED) is 0.391. The van der Waals surface area contributed by atoms with Crippen LogP contribution in [0.2, 0.25) is 0 Å². The van der Waals surface area contributed by atoms with Crippen LogP contribution in [0.15, 0.2) is 29.3 Å². The summed E-state index contributed by atoms with van der Waals surface area (Å²) in [5.74, 6) is 1.07. The summed E-state index contributed by atoms with van der Waals surface area (Å²) < 4.78 is 0. The summed E-state index contributed by atoms with van der Waals surface area (Å²) in [7, 11) is 0. The topological polar surface area (TPSA) is 70.7 Å². The lowest BCUT2D eigenvalue weighted by atomic mass is 9.95. The van der Waals surface area contributed by atoms with Gasteiger partial charge >= 0.3 is 0 Å². The van der Waals surface area contributed by atoms with E-state index in [2.05, 4.69) is 48.3 Å². The molecule has 1 aromatic rings. The van der Waals surface area contributed by atoms with Gasteiger partial charge in [-0.25, -0.2) is 4.99 Å². The minimum atomic E-state index is -0.208. The number of carbonyl (C=O) groups excluding carboxylic acids is 1. The number of amides is 1. The van der Waals surface area contributed by atoms with Crippen LogP contribution in [0.4, 0.5) is 0 Å². The monoisotopic (exact) mass is 458 g/mol. The third-order valence-corrected chi connectivity index (χ3v) is 4.54. The fourth-order valence-electron chi connectivity index (χ4n) is 3.35. The highest BCUT2D eigenvalue weighted by Crippen LogP contribution is 2.20. The van der Waals surface area contributed by atoms with Gasteiger partial charge in [0.25, 0.3) is 0 Å². The summed E-state index contributed by atoms with van der Waals surface area (Å²) in [6.07, 6.45) is 3.63. The first-order valence-corrected chi connectivity index (χ1v) is 9.02. The van der Waals surface area contributed by atoms with Crippen molar-refractivity contribution in [2.75, 3.05) is 19.6 Å². The summed E-state index contributed by atoms with van der Waals surface area (Å²) in [5, 5.41) is 3.39. The van der Waals surface area contributed by atoms with E-state index in [1.165, 1.54) is 11.1 Å². The van der Waals surface area contributed by atoms with Crippen LogP contribution in [0.1, 0.15) is 44.2 Å². The number of guanidine groups is 1. The van der Waals surface area contributed by atoms with Gasteiger partial charge in [-0.1, -0.05) is 31.2 Å². The molecular weight excluding hydrogens is 427 g/mol. The van der Waals surface area contributed by atoms with Crippen LogP contribution in [0.5, 0.6) is 0 Å². The van der Waals surface area contributed by atoms with E-state index in [0.29, 0.717) is 18.9 Å². The van der Waals surface area contributed by atoms with Crippen molar-refractivity contribution in [2.24, 2.45) is 16.6 Å². The molecule has 25 heavy (non-hydrogen) atoms. The summed E-state index contributed by atoms with van der Waals surface area (Å²) in [5.41, 5.74) is 8.00. The maximum absolute atomic E-state index is 11.2. The number of halogens is 1. The molecule has 0 bridgehead atoms. The predicted molar refractivity (Wildman–Crippen MR) is 114 cm³/mol. The number of carbonyl (C=O) groups is 1. The van der Waals surface area contributed by atoms with Crippen LogP contribution < -0.4 is 11.1 Å². The van der Waals surface area contributed by atoms with Crippen LogP contribution in [0.3, 0.4) is 0 Å². The number of nitrogens with one attached hydrogen (secondary N) is 1.